The Morgan fingerprint density at radius 1 is 1.10 bits per heavy atom. The molecule has 104 valence electrons. The van der Waals surface area contributed by atoms with Crippen molar-refractivity contribution in [3.8, 4) is 5.75 Å². The smallest absolute Gasteiger partial charge is 0.174 e. The molecule has 1 heterocycles. The summed E-state index contributed by atoms with van der Waals surface area (Å²) in [5.41, 5.74) is 0.965. The van der Waals surface area contributed by atoms with Crippen LogP contribution in [0, 0.1) is 6.92 Å². The first kappa shape index (κ1) is 14.1. The summed E-state index contributed by atoms with van der Waals surface area (Å²) in [6.07, 6.45) is 1.29. The number of hydrogen-bond acceptors (Lipinski definition) is 4. The van der Waals surface area contributed by atoms with Gasteiger partial charge in [0.05, 0.1) is 24.9 Å². The molecule has 0 amide bonds. The van der Waals surface area contributed by atoms with E-state index >= 15 is 0 Å². The van der Waals surface area contributed by atoms with Gasteiger partial charge in [-0.2, -0.15) is 0 Å². The maximum atomic E-state index is 12.0. The number of hydrogen-bond donors (Lipinski definition) is 0. The normalized spacial score (nSPS) is 10.3. The number of ketones is 2. The molecule has 0 fully saturated rings. The monoisotopic (exact) mass is 272 g/mol. The minimum absolute atomic E-state index is 0.158. The van der Waals surface area contributed by atoms with Crippen molar-refractivity contribution in [2.24, 2.45) is 0 Å². The molecular formula is C16H16O4. The van der Waals surface area contributed by atoms with Crippen molar-refractivity contribution in [2.45, 2.75) is 20.3 Å². The van der Waals surface area contributed by atoms with Crippen molar-refractivity contribution >= 4 is 11.6 Å². The van der Waals surface area contributed by atoms with Crippen LogP contribution in [0.4, 0.5) is 0 Å². The van der Waals surface area contributed by atoms with E-state index in [-0.39, 0.29) is 18.0 Å². The molecule has 0 saturated carbocycles. The van der Waals surface area contributed by atoms with E-state index in [0.717, 1.165) is 0 Å². The van der Waals surface area contributed by atoms with Crippen molar-refractivity contribution in [2.75, 3.05) is 6.61 Å². The second-order valence-electron chi connectivity index (χ2n) is 4.37. The summed E-state index contributed by atoms with van der Waals surface area (Å²) in [5.74, 6) is 0.810. The van der Waals surface area contributed by atoms with Crippen molar-refractivity contribution in [1.82, 2.24) is 0 Å². The van der Waals surface area contributed by atoms with Gasteiger partial charge in [-0.1, -0.05) is 0 Å². The van der Waals surface area contributed by atoms with Gasteiger partial charge in [0.15, 0.2) is 11.6 Å². The SMILES string of the molecule is CCOc1ccc(C(=O)CC(=O)c2ccoc2C)cc1. The molecule has 20 heavy (non-hydrogen) atoms. The van der Waals surface area contributed by atoms with Crippen molar-refractivity contribution in [3.05, 3.63) is 53.5 Å². The first-order chi connectivity index (χ1) is 9.61. The molecule has 0 atom stereocenters. The number of furan rings is 1. The fourth-order valence-electron chi connectivity index (χ4n) is 1.92. The van der Waals surface area contributed by atoms with Crippen LogP contribution < -0.4 is 4.74 Å². The van der Waals surface area contributed by atoms with Gasteiger partial charge in [-0.15, -0.1) is 0 Å². The maximum Gasteiger partial charge on any atom is 0.174 e. The first-order valence-electron chi connectivity index (χ1n) is 6.45. The Labute approximate surface area is 117 Å². The van der Waals surface area contributed by atoms with Crippen molar-refractivity contribution < 1.29 is 18.7 Å². The van der Waals surface area contributed by atoms with Crippen LogP contribution in [0.15, 0.2) is 41.0 Å². The molecule has 0 aliphatic carbocycles. The fourth-order valence-corrected chi connectivity index (χ4v) is 1.92. The zero-order chi connectivity index (χ0) is 14.5. The molecular weight excluding hydrogens is 256 g/mol. The third-order valence-corrected chi connectivity index (χ3v) is 2.97. The van der Waals surface area contributed by atoms with Crippen LogP contribution in [0.5, 0.6) is 5.75 Å². The Kier molecular flexibility index (Phi) is 4.35. The summed E-state index contributed by atoms with van der Waals surface area (Å²) >= 11 is 0. The van der Waals surface area contributed by atoms with Gasteiger partial charge >= 0.3 is 0 Å². The molecule has 0 N–H and O–H groups in total. The van der Waals surface area contributed by atoms with Gasteiger partial charge in [-0.25, -0.2) is 0 Å². The molecule has 0 bridgehead atoms. The molecule has 4 nitrogen and oxygen atoms in total. The highest BCUT2D eigenvalue weighted by molar-refractivity contribution is 6.13. The van der Waals surface area contributed by atoms with Gasteiger partial charge in [0, 0.05) is 5.56 Å². The van der Waals surface area contributed by atoms with Crippen LogP contribution in [0.25, 0.3) is 0 Å². The second-order valence-corrected chi connectivity index (χ2v) is 4.37. The van der Waals surface area contributed by atoms with E-state index in [1.807, 2.05) is 6.92 Å². The Morgan fingerprint density at radius 3 is 2.35 bits per heavy atom. The van der Waals surface area contributed by atoms with Gasteiger partial charge in [0.1, 0.15) is 11.5 Å². The lowest BCUT2D eigenvalue weighted by Crippen LogP contribution is -2.08. The minimum atomic E-state index is -0.227. The lowest BCUT2D eigenvalue weighted by atomic mass is 10.0. The van der Waals surface area contributed by atoms with E-state index in [1.54, 1.807) is 37.3 Å². The standard InChI is InChI=1S/C16H16O4/c1-3-19-13-6-4-12(5-7-13)15(17)10-16(18)14-8-9-20-11(14)2/h4-9H,3,10H2,1-2H3. The van der Waals surface area contributed by atoms with Crippen LogP contribution in [0.1, 0.15) is 39.8 Å². The number of carbonyl (C=O) groups excluding carboxylic acids is 2. The molecule has 0 aliphatic rings. The van der Waals surface area contributed by atoms with Crippen LogP contribution in [-0.4, -0.2) is 18.2 Å². The molecule has 1 aromatic carbocycles. The van der Waals surface area contributed by atoms with Gasteiger partial charge in [0.25, 0.3) is 0 Å². The Bertz CT molecular complexity index is 608. The van der Waals surface area contributed by atoms with E-state index in [2.05, 4.69) is 0 Å². The van der Waals surface area contributed by atoms with E-state index in [4.69, 9.17) is 9.15 Å². The highest BCUT2D eigenvalue weighted by atomic mass is 16.5. The molecule has 0 unspecified atom stereocenters. The van der Waals surface area contributed by atoms with Gasteiger partial charge in [-0.05, 0) is 44.2 Å². The lowest BCUT2D eigenvalue weighted by Gasteiger charge is -2.04. The highest BCUT2D eigenvalue weighted by Crippen LogP contribution is 2.16. The largest absolute Gasteiger partial charge is 0.494 e. The molecule has 0 saturated heterocycles. The summed E-state index contributed by atoms with van der Waals surface area (Å²) < 4.78 is 10.4. The molecule has 2 rings (SSSR count). The van der Waals surface area contributed by atoms with E-state index in [0.29, 0.717) is 29.2 Å². The van der Waals surface area contributed by atoms with Gasteiger partial charge < -0.3 is 9.15 Å². The van der Waals surface area contributed by atoms with E-state index < -0.39 is 0 Å². The van der Waals surface area contributed by atoms with E-state index in [1.165, 1.54) is 6.26 Å². The average Bonchev–Trinajstić information content (AvgIpc) is 2.86. The predicted molar refractivity (Wildman–Crippen MR) is 74.3 cm³/mol. The molecule has 0 radical (unpaired) electrons. The molecule has 0 aliphatic heterocycles. The third-order valence-electron chi connectivity index (χ3n) is 2.97. The average molecular weight is 272 g/mol. The van der Waals surface area contributed by atoms with Gasteiger partial charge in [-0.3, -0.25) is 9.59 Å². The van der Waals surface area contributed by atoms with E-state index in [9.17, 15) is 9.59 Å². The molecule has 1 aromatic heterocycles. The summed E-state index contributed by atoms with van der Waals surface area (Å²) in [4.78, 5) is 24.0. The Hall–Kier alpha value is -2.36. The van der Waals surface area contributed by atoms with Crippen LogP contribution in [0.3, 0.4) is 0 Å². The number of aryl methyl sites for hydroxylation is 1. The number of ether oxygens (including phenoxy) is 1. The van der Waals surface area contributed by atoms with Crippen molar-refractivity contribution in [1.29, 1.82) is 0 Å². The molecule has 2 aromatic rings. The number of rotatable bonds is 6. The van der Waals surface area contributed by atoms with Gasteiger partial charge in [0.2, 0.25) is 0 Å². The molecule has 0 spiro atoms. The Morgan fingerprint density at radius 2 is 1.80 bits per heavy atom. The third kappa shape index (κ3) is 3.15. The Balaban J connectivity index is 2.05. The summed E-state index contributed by atoms with van der Waals surface area (Å²) in [6.45, 7) is 4.17. The summed E-state index contributed by atoms with van der Waals surface area (Å²) in [7, 11) is 0. The number of carbonyl (C=O) groups is 2. The maximum absolute atomic E-state index is 12.0. The summed E-state index contributed by atoms with van der Waals surface area (Å²) in [6, 6.07) is 8.38. The second kappa shape index (κ2) is 6.19. The lowest BCUT2D eigenvalue weighted by molar-refractivity contribution is 0.0893. The highest BCUT2D eigenvalue weighted by Gasteiger charge is 2.16. The van der Waals surface area contributed by atoms with Crippen molar-refractivity contribution in [3.63, 3.8) is 0 Å². The van der Waals surface area contributed by atoms with Crippen LogP contribution >= 0.6 is 0 Å². The predicted octanol–water partition coefficient (Wildman–Crippen LogP) is 3.44. The van der Waals surface area contributed by atoms with Crippen LogP contribution in [-0.2, 0) is 0 Å². The number of Topliss-reactive ketones (excluding diaryl/α,β-unsaturated/α-hetero) is 2. The molecule has 4 heteroatoms. The summed E-state index contributed by atoms with van der Waals surface area (Å²) in [5, 5.41) is 0. The fraction of sp³-hybridized carbons (Fsp3) is 0.250. The zero-order valence-corrected chi connectivity index (χ0v) is 11.5. The first-order valence-corrected chi connectivity index (χ1v) is 6.45. The minimum Gasteiger partial charge on any atom is -0.494 e. The zero-order valence-electron chi connectivity index (χ0n) is 11.5. The van der Waals surface area contributed by atoms with Crippen LogP contribution in [0.2, 0.25) is 0 Å². The number of benzene rings is 1. The quantitative estimate of drug-likeness (QED) is 0.597. The topological polar surface area (TPSA) is 56.5 Å².